The molecule has 0 saturated heterocycles. The fraction of sp³-hybridized carbons (Fsp3) is 0.148. The van der Waals surface area contributed by atoms with Gasteiger partial charge >= 0.3 is 0 Å². The Hall–Kier alpha value is -4.02. The summed E-state index contributed by atoms with van der Waals surface area (Å²) in [4.78, 5) is 41.4. The first-order chi connectivity index (χ1) is 17.8. The highest BCUT2D eigenvalue weighted by atomic mass is 32.2. The average molecular weight is 533 g/mol. The fourth-order valence-electron chi connectivity index (χ4n) is 3.47. The van der Waals surface area contributed by atoms with Crippen molar-refractivity contribution in [2.45, 2.75) is 30.4 Å². The van der Waals surface area contributed by atoms with Gasteiger partial charge in [0.1, 0.15) is 0 Å². The van der Waals surface area contributed by atoms with Gasteiger partial charge in [-0.15, -0.1) is 23.1 Å². The van der Waals surface area contributed by atoms with Gasteiger partial charge in [0, 0.05) is 39.2 Å². The van der Waals surface area contributed by atoms with E-state index in [0.717, 1.165) is 10.5 Å². The van der Waals surface area contributed by atoms with Crippen LogP contribution >= 0.6 is 23.1 Å². The minimum Gasteiger partial charge on any atom is -0.322 e. The average Bonchev–Trinajstić information content (AvgIpc) is 3.36. The normalized spacial score (nSPS) is 11.5. The first-order valence-corrected chi connectivity index (χ1v) is 13.2. The summed E-state index contributed by atoms with van der Waals surface area (Å²) >= 11 is 2.66. The molecule has 0 spiro atoms. The van der Waals surface area contributed by atoms with E-state index in [1.807, 2.05) is 50.2 Å². The highest BCUT2D eigenvalue weighted by Gasteiger charge is 2.20. The van der Waals surface area contributed by atoms with E-state index in [-0.39, 0.29) is 22.8 Å². The van der Waals surface area contributed by atoms with E-state index in [9.17, 15) is 19.7 Å². The number of nitrogens with zero attached hydrogens (tertiary/aromatic N) is 2. The molecular formula is C27H24N4O4S2. The number of aryl methyl sites for hydroxylation is 1. The minimum atomic E-state index is -0.454. The first-order valence-electron chi connectivity index (χ1n) is 11.5. The van der Waals surface area contributed by atoms with Crippen molar-refractivity contribution in [2.24, 2.45) is 0 Å². The van der Waals surface area contributed by atoms with Gasteiger partial charge in [0.15, 0.2) is 5.13 Å². The lowest BCUT2D eigenvalue weighted by Gasteiger charge is -2.14. The lowest BCUT2D eigenvalue weighted by molar-refractivity contribution is -0.384. The zero-order chi connectivity index (χ0) is 26.4. The van der Waals surface area contributed by atoms with Gasteiger partial charge in [-0.3, -0.25) is 19.7 Å². The van der Waals surface area contributed by atoms with Crippen LogP contribution in [0.5, 0.6) is 0 Å². The number of nitro groups is 1. The van der Waals surface area contributed by atoms with Crippen molar-refractivity contribution in [1.29, 1.82) is 0 Å². The molecule has 2 N–H and O–H groups in total. The van der Waals surface area contributed by atoms with Gasteiger partial charge in [0.25, 0.3) is 11.6 Å². The van der Waals surface area contributed by atoms with E-state index < -0.39 is 4.92 Å². The standard InChI is InChI=1S/C27H24N4O4S2/c1-3-24(26(33)30-27-29-23(16-36-27)19-6-4-8-21(14-19)31(34)35)37-22-9-5-7-20(15-22)28-25(32)18-12-10-17(2)11-13-18/h4-16,24H,3H2,1-2H3,(H,28,32)(H,29,30,33). The summed E-state index contributed by atoms with van der Waals surface area (Å²) in [6.45, 7) is 3.89. The summed E-state index contributed by atoms with van der Waals surface area (Å²) in [5.41, 5.74) is 3.45. The molecule has 8 nitrogen and oxygen atoms in total. The maximum atomic E-state index is 13.0. The Morgan fingerprint density at radius 2 is 1.81 bits per heavy atom. The number of anilines is 2. The van der Waals surface area contributed by atoms with E-state index in [4.69, 9.17) is 0 Å². The van der Waals surface area contributed by atoms with Crippen LogP contribution in [-0.4, -0.2) is 27.0 Å². The number of hydrogen-bond acceptors (Lipinski definition) is 7. The molecule has 0 bridgehead atoms. The minimum absolute atomic E-state index is 0.0178. The lowest BCUT2D eigenvalue weighted by Crippen LogP contribution is -2.24. The molecule has 2 amide bonds. The molecule has 0 aliphatic heterocycles. The van der Waals surface area contributed by atoms with Crippen molar-refractivity contribution in [3.05, 3.63) is 99.4 Å². The zero-order valence-corrected chi connectivity index (χ0v) is 21.8. The van der Waals surface area contributed by atoms with Gasteiger partial charge in [-0.25, -0.2) is 4.98 Å². The van der Waals surface area contributed by atoms with Crippen LogP contribution in [0.3, 0.4) is 0 Å². The molecule has 1 aromatic heterocycles. The molecular weight excluding hydrogens is 508 g/mol. The predicted octanol–water partition coefficient (Wildman–Crippen LogP) is 6.79. The SMILES string of the molecule is CCC(Sc1cccc(NC(=O)c2ccc(C)cc2)c1)C(=O)Nc1nc(-c2cccc([N+](=O)[O-])c2)cs1. The smallest absolute Gasteiger partial charge is 0.270 e. The maximum Gasteiger partial charge on any atom is 0.270 e. The number of nitrogens with one attached hydrogen (secondary N) is 2. The summed E-state index contributed by atoms with van der Waals surface area (Å²) in [5.74, 6) is -0.392. The number of benzene rings is 3. The Morgan fingerprint density at radius 1 is 1.05 bits per heavy atom. The van der Waals surface area contributed by atoms with Gasteiger partial charge in [-0.2, -0.15) is 0 Å². The highest BCUT2D eigenvalue weighted by Crippen LogP contribution is 2.31. The third kappa shape index (κ3) is 6.81. The molecule has 0 saturated carbocycles. The van der Waals surface area contributed by atoms with Gasteiger partial charge in [-0.05, 0) is 43.7 Å². The van der Waals surface area contributed by atoms with Crippen molar-refractivity contribution in [2.75, 3.05) is 10.6 Å². The quantitative estimate of drug-likeness (QED) is 0.139. The summed E-state index contributed by atoms with van der Waals surface area (Å²) in [6, 6.07) is 20.9. The number of carbonyl (C=O) groups is 2. The van der Waals surface area contributed by atoms with Crippen LogP contribution in [0, 0.1) is 17.0 Å². The first kappa shape index (κ1) is 26.1. The Balaban J connectivity index is 1.40. The maximum absolute atomic E-state index is 13.0. The van der Waals surface area contributed by atoms with Crippen molar-refractivity contribution in [3.63, 3.8) is 0 Å². The molecule has 1 unspecified atom stereocenters. The fourth-order valence-corrected chi connectivity index (χ4v) is 5.21. The second-order valence-electron chi connectivity index (χ2n) is 8.20. The number of rotatable bonds is 9. The van der Waals surface area contributed by atoms with Crippen LogP contribution in [0.4, 0.5) is 16.5 Å². The summed E-state index contributed by atoms with van der Waals surface area (Å²) in [7, 11) is 0. The van der Waals surface area contributed by atoms with Gasteiger partial charge in [-0.1, -0.05) is 42.8 Å². The third-order valence-electron chi connectivity index (χ3n) is 5.43. The molecule has 37 heavy (non-hydrogen) atoms. The molecule has 3 aromatic carbocycles. The Morgan fingerprint density at radius 3 is 2.54 bits per heavy atom. The lowest BCUT2D eigenvalue weighted by atomic mass is 10.1. The second-order valence-corrected chi connectivity index (χ2v) is 10.3. The number of thiazole rings is 1. The summed E-state index contributed by atoms with van der Waals surface area (Å²) in [5, 5.41) is 18.6. The number of nitro benzene ring substituents is 1. The highest BCUT2D eigenvalue weighted by molar-refractivity contribution is 8.00. The largest absolute Gasteiger partial charge is 0.322 e. The number of aromatic nitrogens is 1. The monoisotopic (exact) mass is 532 g/mol. The molecule has 10 heteroatoms. The van der Waals surface area contributed by atoms with Crippen molar-refractivity contribution < 1.29 is 14.5 Å². The molecule has 1 heterocycles. The Kier molecular flexibility index (Phi) is 8.32. The topological polar surface area (TPSA) is 114 Å². The molecule has 0 aliphatic rings. The third-order valence-corrected chi connectivity index (χ3v) is 7.55. The van der Waals surface area contributed by atoms with Crippen molar-refractivity contribution in [3.8, 4) is 11.3 Å². The molecule has 0 radical (unpaired) electrons. The van der Waals surface area contributed by atoms with Gasteiger partial charge < -0.3 is 10.6 Å². The second kappa shape index (κ2) is 11.8. The van der Waals surface area contributed by atoms with E-state index in [1.54, 1.807) is 29.6 Å². The van der Waals surface area contributed by atoms with Crippen LogP contribution < -0.4 is 10.6 Å². The van der Waals surface area contributed by atoms with Crippen LogP contribution in [0.15, 0.2) is 83.1 Å². The number of carbonyl (C=O) groups excluding carboxylic acids is 2. The van der Waals surface area contributed by atoms with E-state index in [2.05, 4.69) is 15.6 Å². The Bertz CT molecular complexity index is 1440. The van der Waals surface area contributed by atoms with E-state index >= 15 is 0 Å². The molecule has 0 aliphatic carbocycles. The van der Waals surface area contributed by atoms with E-state index in [1.165, 1.54) is 35.2 Å². The molecule has 0 fully saturated rings. The van der Waals surface area contributed by atoms with Crippen LogP contribution in [-0.2, 0) is 4.79 Å². The summed E-state index contributed by atoms with van der Waals surface area (Å²) in [6.07, 6.45) is 0.583. The van der Waals surface area contributed by atoms with Crippen LogP contribution in [0.2, 0.25) is 0 Å². The van der Waals surface area contributed by atoms with Gasteiger partial charge in [0.05, 0.1) is 15.9 Å². The number of non-ortho nitro benzene ring substituents is 1. The predicted molar refractivity (Wildman–Crippen MR) is 148 cm³/mol. The van der Waals surface area contributed by atoms with E-state index in [0.29, 0.717) is 34.1 Å². The van der Waals surface area contributed by atoms with Crippen LogP contribution in [0.1, 0.15) is 29.3 Å². The number of hydrogen-bond donors (Lipinski definition) is 2. The molecule has 4 aromatic rings. The van der Waals surface area contributed by atoms with Gasteiger partial charge in [0.2, 0.25) is 5.91 Å². The Labute approximate surface area is 222 Å². The zero-order valence-electron chi connectivity index (χ0n) is 20.1. The molecule has 1 atom stereocenters. The molecule has 188 valence electrons. The van der Waals surface area contributed by atoms with Crippen LogP contribution in [0.25, 0.3) is 11.3 Å². The summed E-state index contributed by atoms with van der Waals surface area (Å²) < 4.78 is 0. The van der Waals surface area contributed by atoms with Crippen molar-refractivity contribution in [1.82, 2.24) is 4.98 Å². The number of amides is 2. The molecule has 4 rings (SSSR count). The number of thioether (sulfide) groups is 1. The van der Waals surface area contributed by atoms with Crippen molar-refractivity contribution >= 4 is 51.4 Å².